The molecule has 0 radical (unpaired) electrons. The van der Waals surface area contributed by atoms with E-state index < -0.39 is 0 Å². The van der Waals surface area contributed by atoms with Gasteiger partial charge < -0.3 is 10.1 Å². The summed E-state index contributed by atoms with van der Waals surface area (Å²) >= 11 is 20.2. The molecule has 1 aliphatic rings. The maximum absolute atomic E-state index is 12.4. The molecule has 0 spiro atoms. The lowest BCUT2D eigenvalue weighted by Gasteiger charge is -2.17. The molecule has 0 saturated heterocycles. The van der Waals surface area contributed by atoms with Crippen LogP contribution in [0.15, 0.2) is 0 Å². The van der Waals surface area contributed by atoms with Crippen LogP contribution in [0, 0.1) is 31.1 Å². The highest BCUT2D eigenvalue weighted by Crippen LogP contribution is 2.43. The van der Waals surface area contributed by atoms with Crippen molar-refractivity contribution < 1.29 is 9.53 Å². The van der Waals surface area contributed by atoms with Crippen molar-refractivity contribution in [1.82, 2.24) is 0 Å². The zero-order valence-electron chi connectivity index (χ0n) is 15.7. The number of amides is 1. The smallest absolute Gasteiger partial charge is 0.262 e. The minimum atomic E-state index is -0.375. The molecule has 1 heterocycles. The molecule has 148 valence electrons. The second kappa shape index (κ2) is 8.51. The maximum atomic E-state index is 12.4. The van der Waals surface area contributed by atoms with E-state index in [4.69, 9.17) is 39.5 Å². The number of fused-ring (bicyclic) bond motifs is 1. The fourth-order valence-corrected chi connectivity index (χ4v) is 5.49. The van der Waals surface area contributed by atoms with Crippen molar-refractivity contribution in [3.05, 3.63) is 42.2 Å². The molecule has 1 aromatic carbocycles. The Labute approximate surface area is 183 Å². The van der Waals surface area contributed by atoms with E-state index in [-0.39, 0.29) is 28.3 Å². The number of carbonyl (C=O) groups excluding carboxylic acids is 1. The third kappa shape index (κ3) is 3.97. The van der Waals surface area contributed by atoms with Gasteiger partial charge in [-0.05, 0) is 55.7 Å². The molecule has 1 atom stereocenters. The first-order valence-electron chi connectivity index (χ1n) is 8.85. The van der Waals surface area contributed by atoms with Crippen LogP contribution in [-0.2, 0) is 17.6 Å². The van der Waals surface area contributed by atoms with Crippen LogP contribution in [0.3, 0.4) is 0 Å². The van der Waals surface area contributed by atoms with E-state index in [1.165, 1.54) is 16.2 Å². The second-order valence-electron chi connectivity index (χ2n) is 7.03. The third-order valence-corrected chi connectivity index (χ3v) is 7.59. The highest BCUT2D eigenvalue weighted by Gasteiger charge is 2.25. The lowest BCUT2D eigenvalue weighted by atomic mass is 9.89. The van der Waals surface area contributed by atoms with E-state index in [0.717, 1.165) is 24.8 Å². The van der Waals surface area contributed by atoms with Crippen LogP contribution in [0.5, 0.6) is 5.75 Å². The van der Waals surface area contributed by atoms with E-state index in [1.807, 2.05) is 0 Å². The molecule has 1 unspecified atom stereocenters. The maximum Gasteiger partial charge on any atom is 0.262 e. The Hall–Kier alpha value is -1.45. The van der Waals surface area contributed by atoms with Gasteiger partial charge in [0.1, 0.15) is 11.1 Å². The Kier molecular flexibility index (Phi) is 6.46. The Balaban J connectivity index is 1.76. The Morgan fingerprint density at radius 2 is 1.89 bits per heavy atom. The highest BCUT2D eigenvalue weighted by atomic mass is 35.5. The number of hydrogen-bond acceptors (Lipinski definition) is 4. The van der Waals surface area contributed by atoms with Crippen LogP contribution in [0.25, 0.3) is 0 Å². The minimum Gasteiger partial charge on any atom is -0.481 e. The third-order valence-electron chi connectivity index (χ3n) is 4.94. The van der Waals surface area contributed by atoms with Gasteiger partial charge in [-0.25, -0.2) is 0 Å². The zero-order valence-corrected chi connectivity index (χ0v) is 18.8. The summed E-state index contributed by atoms with van der Waals surface area (Å²) in [5.74, 6) is 0.448. The van der Waals surface area contributed by atoms with Crippen LogP contribution in [0.2, 0.25) is 15.1 Å². The summed E-state index contributed by atoms with van der Waals surface area (Å²) in [7, 11) is 0. The summed E-state index contributed by atoms with van der Waals surface area (Å²) in [6.07, 6.45) is 2.87. The van der Waals surface area contributed by atoms with Crippen molar-refractivity contribution >= 4 is 57.0 Å². The fraction of sp³-hybridized carbons (Fsp3) is 0.400. The molecule has 2 aromatic rings. The summed E-state index contributed by atoms with van der Waals surface area (Å²) in [6.45, 7) is 5.45. The van der Waals surface area contributed by atoms with Gasteiger partial charge in [0.25, 0.3) is 5.91 Å². The Bertz CT molecular complexity index is 966. The quantitative estimate of drug-likeness (QED) is 0.582. The zero-order chi connectivity index (χ0) is 20.6. The van der Waals surface area contributed by atoms with Crippen molar-refractivity contribution in [3.8, 4) is 11.8 Å². The molecule has 3 rings (SSSR count). The molecule has 0 fully saturated rings. The van der Waals surface area contributed by atoms with Gasteiger partial charge in [0, 0.05) is 9.90 Å². The first-order chi connectivity index (χ1) is 13.2. The number of ether oxygens (including phenoxy) is 1. The van der Waals surface area contributed by atoms with Gasteiger partial charge in [0.2, 0.25) is 0 Å². The number of carbonyl (C=O) groups is 1. The molecule has 8 heteroatoms. The summed E-state index contributed by atoms with van der Waals surface area (Å²) in [5.41, 5.74) is 2.92. The van der Waals surface area contributed by atoms with Crippen LogP contribution >= 0.6 is 46.1 Å². The molecular weight excluding hydrogens is 439 g/mol. The number of halogens is 3. The van der Waals surface area contributed by atoms with Gasteiger partial charge in [-0.3, -0.25) is 4.79 Å². The number of nitriles is 1. The van der Waals surface area contributed by atoms with Crippen molar-refractivity contribution in [2.24, 2.45) is 5.92 Å². The number of hydrogen-bond donors (Lipinski definition) is 1. The number of nitrogens with zero attached hydrogens (tertiary/aromatic N) is 1. The van der Waals surface area contributed by atoms with E-state index in [0.29, 0.717) is 32.6 Å². The number of anilines is 1. The molecule has 1 aromatic heterocycles. The predicted molar refractivity (Wildman–Crippen MR) is 115 cm³/mol. The second-order valence-corrected chi connectivity index (χ2v) is 9.26. The van der Waals surface area contributed by atoms with Crippen LogP contribution in [0.4, 0.5) is 5.00 Å². The Morgan fingerprint density at radius 3 is 2.50 bits per heavy atom. The van der Waals surface area contributed by atoms with Crippen molar-refractivity contribution in [1.29, 1.82) is 5.26 Å². The molecule has 0 aliphatic heterocycles. The SMILES string of the molecule is Cc1c(Cl)c(C)c(Cl)c(OCC(=O)Nc2sc3c(c2C#N)CCC(C)C3)c1Cl. The van der Waals surface area contributed by atoms with Gasteiger partial charge in [-0.1, -0.05) is 41.7 Å². The van der Waals surface area contributed by atoms with Crippen LogP contribution in [-0.4, -0.2) is 12.5 Å². The standard InChI is InChI=1S/C20H19Cl3N2O2S/c1-9-4-5-12-13(7-24)20(28-14(12)6-9)25-15(26)8-27-19-17(22)10(2)16(21)11(3)18(19)23/h9H,4-6,8H2,1-3H3,(H,25,26). The molecule has 1 N–H and O–H groups in total. The minimum absolute atomic E-state index is 0.234. The van der Waals surface area contributed by atoms with Crippen LogP contribution in [0.1, 0.15) is 40.5 Å². The van der Waals surface area contributed by atoms with Crippen molar-refractivity contribution in [2.75, 3.05) is 11.9 Å². The monoisotopic (exact) mass is 456 g/mol. The van der Waals surface area contributed by atoms with E-state index in [2.05, 4.69) is 18.3 Å². The summed E-state index contributed by atoms with van der Waals surface area (Å²) in [5, 5.41) is 14.0. The number of nitrogens with one attached hydrogen (secondary N) is 1. The first-order valence-corrected chi connectivity index (χ1v) is 10.8. The highest BCUT2D eigenvalue weighted by molar-refractivity contribution is 7.16. The first kappa shape index (κ1) is 21.3. The Morgan fingerprint density at radius 1 is 1.25 bits per heavy atom. The number of rotatable bonds is 4. The number of benzene rings is 1. The van der Waals surface area contributed by atoms with Gasteiger partial charge in [-0.15, -0.1) is 11.3 Å². The summed E-state index contributed by atoms with van der Waals surface area (Å²) in [4.78, 5) is 13.6. The van der Waals surface area contributed by atoms with E-state index in [9.17, 15) is 10.1 Å². The predicted octanol–water partition coefficient (Wildman–Crippen LogP) is 6.34. The van der Waals surface area contributed by atoms with Gasteiger partial charge in [0.15, 0.2) is 12.4 Å². The lowest BCUT2D eigenvalue weighted by molar-refractivity contribution is -0.118. The van der Waals surface area contributed by atoms with E-state index >= 15 is 0 Å². The molecule has 0 saturated carbocycles. The molecule has 1 aliphatic carbocycles. The number of thiophene rings is 1. The normalized spacial score (nSPS) is 15.7. The van der Waals surface area contributed by atoms with Crippen molar-refractivity contribution in [2.45, 2.75) is 40.0 Å². The topological polar surface area (TPSA) is 62.1 Å². The van der Waals surface area contributed by atoms with Gasteiger partial charge in [-0.2, -0.15) is 5.26 Å². The largest absolute Gasteiger partial charge is 0.481 e. The molecule has 28 heavy (non-hydrogen) atoms. The summed E-state index contributed by atoms with van der Waals surface area (Å²) in [6, 6.07) is 2.24. The molecule has 4 nitrogen and oxygen atoms in total. The van der Waals surface area contributed by atoms with E-state index in [1.54, 1.807) is 13.8 Å². The van der Waals surface area contributed by atoms with Gasteiger partial charge >= 0.3 is 0 Å². The van der Waals surface area contributed by atoms with Gasteiger partial charge in [0.05, 0.1) is 15.6 Å². The average molecular weight is 458 g/mol. The van der Waals surface area contributed by atoms with Crippen LogP contribution < -0.4 is 10.1 Å². The average Bonchev–Trinajstić information content (AvgIpc) is 3.00. The molecule has 0 bridgehead atoms. The summed E-state index contributed by atoms with van der Waals surface area (Å²) < 4.78 is 5.60. The lowest BCUT2D eigenvalue weighted by Crippen LogP contribution is -2.20. The van der Waals surface area contributed by atoms with Crippen molar-refractivity contribution in [3.63, 3.8) is 0 Å². The molecule has 1 amide bonds. The molecular formula is C20H19Cl3N2O2S. The fourth-order valence-electron chi connectivity index (χ4n) is 3.30.